The Kier molecular flexibility index (Phi) is 3.83. The van der Waals surface area contributed by atoms with Gasteiger partial charge < -0.3 is 15.1 Å². The molecular formula is C12H15N5O3. The Morgan fingerprint density at radius 3 is 2.75 bits per heavy atom. The molecule has 0 amide bonds. The maximum atomic E-state index is 11.0. The Hall–Kier alpha value is -2.64. The lowest BCUT2D eigenvalue weighted by Crippen LogP contribution is -2.11. The number of anilines is 2. The van der Waals surface area contributed by atoms with E-state index in [0.717, 1.165) is 5.76 Å². The minimum absolute atomic E-state index is 0.149. The van der Waals surface area contributed by atoms with Crippen LogP contribution in [0.3, 0.4) is 0 Å². The van der Waals surface area contributed by atoms with E-state index in [0.29, 0.717) is 11.7 Å². The number of rotatable bonds is 5. The van der Waals surface area contributed by atoms with Gasteiger partial charge in [-0.15, -0.1) is 0 Å². The van der Waals surface area contributed by atoms with E-state index in [1.165, 1.54) is 6.20 Å². The third kappa shape index (κ3) is 2.85. The van der Waals surface area contributed by atoms with Crippen LogP contribution in [0, 0.1) is 17.0 Å². The van der Waals surface area contributed by atoms with E-state index >= 15 is 0 Å². The first-order valence-corrected chi connectivity index (χ1v) is 6.03. The van der Waals surface area contributed by atoms with E-state index < -0.39 is 4.92 Å². The summed E-state index contributed by atoms with van der Waals surface area (Å²) in [5, 5.41) is 16.7. The van der Waals surface area contributed by atoms with Crippen LogP contribution in [0.1, 0.15) is 24.5 Å². The van der Waals surface area contributed by atoms with Crippen LogP contribution in [0.4, 0.5) is 17.5 Å². The lowest BCUT2D eigenvalue weighted by Gasteiger charge is -2.12. The normalized spacial score (nSPS) is 11.9. The summed E-state index contributed by atoms with van der Waals surface area (Å²) in [7, 11) is 1.64. The molecule has 2 N–H and O–H groups in total. The third-order valence-electron chi connectivity index (χ3n) is 2.73. The molecule has 2 aromatic rings. The van der Waals surface area contributed by atoms with Crippen molar-refractivity contribution >= 4 is 17.5 Å². The summed E-state index contributed by atoms with van der Waals surface area (Å²) in [5.74, 6) is 1.92. The molecule has 0 aliphatic carbocycles. The summed E-state index contributed by atoms with van der Waals surface area (Å²) < 4.78 is 5.48. The highest BCUT2D eigenvalue weighted by molar-refractivity contribution is 5.57. The van der Waals surface area contributed by atoms with Crippen LogP contribution in [-0.2, 0) is 0 Å². The first kappa shape index (κ1) is 13.8. The SMILES string of the molecule is CNc1ncc([N+](=O)[O-])c(NC(C)c2ccc(C)o2)n1. The number of nitro groups is 1. The second kappa shape index (κ2) is 5.55. The third-order valence-corrected chi connectivity index (χ3v) is 2.73. The highest BCUT2D eigenvalue weighted by Crippen LogP contribution is 2.27. The second-order valence-electron chi connectivity index (χ2n) is 4.25. The van der Waals surface area contributed by atoms with Crippen LogP contribution in [-0.4, -0.2) is 21.9 Å². The first-order chi connectivity index (χ1) is 9.51. The molecule has 106 valence electrons. The molecular weight excluding hydrogens is 262 g/mol. The number of furan rings is 1. The summed E-state index contributed by atoms with van der Waals surface area (Å²) >= 11 is 0. The predicted octanol–water partition coefficient (Wildman–Crippen LogP) is 2.50. The smallest absolute Gasteiger partial charge is 0.329 e. The molecule has 8 heteroatoms. The van der Waals surface area contributed by atoms with Gasteiger partial charge in [-0.25, -0.2) is 4.98 Å². The van der Waals surface area contributed by atoms with Gasteiger partial charge in [0, 0.05) is 7.05 Å². The number of hydrogen-bond donors (Lipinski definition) is 2. The van der Waals surface area contributed by atoms with Crippen LogP contribution >= 0.6 is 0 Å². The van der Waals surface area contributed by atoms with Gasteiger partial charge in [-0.3, -0.25) is 10.1 Å². The molecule has 2 aromatic heterocycles. The Bertz CT molecular complexity index is 625. The van der Waals surface area contributed by atoms with Gasteiger partial charge in [0.25, 0.3) is 0 Å². The Morgan fingerprint density at radius 1 is 1.45 bits per heavy atom. The van der Waals surface area contributed by atoms with Crippen LogP contribution in [0.15, 0.2) is 22.7 Å². The zero-order valence-electron chi connectivity index (χ0n) is 11.4. The van der Waals surface area contributed by atoms with Crippen molar-refractivity contribution in [3.05, 3.63) is 40.0 Å². The summed E-state index contributed by atoms with van der Waals surface area (Å²) in [6.45, 7) is 3.67. The molecule has 0 bridgehead atoms. The van der Waals surface area contributed by atoms with Crippen molar-refractivity contribution in [2.24, 2.45) is 0 Å². The molecule has 2 heterocycles. The van der Waals surface area contributed by atoms with E-state index in [4.69, 9.17) is 4.42 Å². The zero-order valence-corrected chi connectivity index (χ0v) is 11.4. The Morgan fingerprint density at radius 2 is 2.20 bits per heavy atom. The molecule has 0 aromatic carbocycles. The lowest BCUT2D eigenvalue weighted by atomic mass is 10.2. The van der Waals surface area contributed by atoms with Crippen LogP contribution in [0.2, 0.25) is 0 Å². The predicted molar refractivity (Wildman–Crippen MR) is 73.7 cm³/mol. The molecule has 0 saturated carbocycles. The van der Waals surface area contributed by atoms with Crippen molar-refractivity contribution in [2.75, 3.05) is 17.7 Å². The molecule has 1 atom stereocenters. The van der Waals surface area contributed by atoms with Gasteiger partial charge in [0.2, 0.25) is 11.8 Å². The van der Waals surface area contributed by atoms with Crippen molar-refractivity contribution in [3.63, 3.8) is 0 Å². The first-order valence-electron chi connectivity index (χ1n) is 6.03. The monoisotopic (exact) mass is 277 g/mol. The number of nitrogens with zero attached hydrogens (tertiary/aromatic N) is 3. The molecule has 0 aliphatic rings. The highest BCUT2D eigenvalue weighted by atomic mass is 16.6. The van der Waals surface area contributed by atoms with Gasteiger partial charge in [0.1, 0.15) is 17.7 Å². The molecule has 1 unspecified atom stereocenters. The van der Waals surface area contributed by atoms with E-state index in [-0.39, 0.29) is 17.5 Å². The number of aryl methyl sites for hydroxylation is 1. The quantitative estimate of drug-likeness (QED) is 0.638. The van der Waals surface area contributed by atoms with E-state index in [1.54, 1.807) is 7.05 Å². The minimum Gasteiger partial charge on any atom is -0.464 e. The maximum Gasteiger partial charge on any atom is 0.329 e. The fraction of sp³-hybridized carbons (Fsp3) is 0.333. The fourth-order valence-electron chi connectivity index (χ4n) is 1.70. The van der Waals surface area contributed by atoms with Crippen LogP contribution < -0.4 is 10.6 Å². The largest absolute Gasteiger partial charge is 0.464 e. The van der Waals surface area contributed by atoms with Gasteiger partial charge in [-0.2, -0.15) is 4.98 Å². The topological polar surface area (TPSA) is 106 Å². The Labute approximate surface area is 115 Å². The number of hydrogen-bond acceptors (Lipinski definition) is 7. The molecule has 0 radical (unpaired) electrons. The summed E-state index contributed by atoms with van der Waals surface area (Å²) in [5.41, 5.74) is -0.181. The van der Waals surface area contributed by atoms with Crippen molar-refractivity contribution in [1.29, 1.82) is 0 Å². The number of aromatic nitrogens is 2. The highest BCUT2D eigenvalue weighted by Gasteiger charge is 2.20. The van der Waals surface area contributed by atoms with Gasteiger partial charge >= 0.3 is 5.69 Å². The van der Waals surface area contributed by atoms with E-state index in [9.17, 15) is 10.1 Å². The zero-order chi connectivity index (χ0) is 14.7. The van der Waals surface area contributed by atoms with Gasteiger partial charge in [0.05, 0.1) is 11.0 Å². The average Bonchev–Trinajstić information content (AvgIpc) is 2.85. The van der Waals surface area contributed by atoms with Crippen molar-refractivity contribution < 1.29 is 9.34 Å². The van der Waals surface area contributed by atoms with Crippen molar-refractivity contribution in [1.82, 2.24) is 9.97 Å². The van der Waals surface area contributed by atoms with Gasteiger partial charge in [-0.1, -0.05) is 0 Å². The van der Waals surface area contributed by atoms with E-state index in [1.807, 2.05) is 26.0 Å². The summed E-state index contributed by atoms with van der Waals surface area (Å²) in [4.78, 5) is 18.4. The molecule has 0 spiro atoms. The molecule has 0 aliphatic heterocycles. The molecule has 0 fully saturated rings. The fourth-order valence-corrected chi connectivity index (χ4v) is 1.70. The second-order valence-corrected chi connectivity index (χ2v) is 4.25. The van der Waals surface area contributed by atoms with E-state index in [2.05, 4.69) is 20.6 Å². The van der Waals surface area contributed by atoms with Crippen molar-refractivity contribution in [2.45, 2.75) is 19.9 Å². The molecule has 8 nitrogen and oxygen atoms in total. The average molecular weight is 277 g/mol. The molecule has 2 rings (SSSR count). The van der Waals surface area contributed by atoms with Crippen LogP contribution in [0.25, 0.3) is 0 Å². The van der Waals surface area contributed by atoms with Crippen LogP contribution in [0.5, 0.6) is 0 Å². The number of nitrogens with one attached hydrogen (secondary N) is 2. The summed E-state index contributed by atoms with van der Waals surface area (Å²) in [6.07, 6.45) is 1.17. The van der Waals surface area contributed by atoms with Crippen molar-refractivity contribution in [3.8, 4) is 0 Å². The van der Waals surface area contributed by atoms with Gasteiger partial charge in [-0.05, 0) is 26.0 Å². The van der Waals surface area contributed by atoms with Gasteiger partial charge in [0.15, 0.2) is 0 Å². The molecule has 20 heavy (non-hydrogen) atoms. The Balaban J connectivity index is 2.29. The standard InChI is InChI=1S/C12H15N5O3/c1-7-4-5-10(20-7)8(2)15-11-9(17(18)19)6-14-12(13-3)16-11/h4-6,8H,1-3H3,(H2,13,14,15,16). The molecule has 0 saturated heterocycles. The summed E-state index contributed by atoms with van der Waals surface area (Å²) in [6, 6.07) is 3.40. The lowest BCUT2D eigenvalue weighted by molar-refractivity contribution is -0.384. The maximum absolute atomic E-state index is 11.0. The minimum atomic E-state index is -0.526.